The second-order valence-electron chi connectivity index (χ2n) is 4.09. The summed E-state index contributed by atoms with van der Waals surface area (Å²) in [4.78, 5) is 11.9. The number of halogens is 1. The van der Waals surface area contributed by atoms with E-state index in [1.54, 1.807) is 32.2 Å². The Morgan fingerprint density at radius 3 is 2.84 bits per heavy atom. The number of rotatable bonds is 7. The minimum Gasteiger partial charge on any atom is -0.399 e. The number of carbonyl (C=O) groups is 1. The Balaban J connectivity index is 2.45. The summed E-state index contributed by atoms with van der Waals surface area (Å²) in [6.07, 6.45) is 0.196. The van der Waals surface area contributed by atoms with Gasteiger partial charge in [0.05, 0.1) is 10.7 Å². The first-order valence-corrected chi connectivity index (χ1v) is 6.39. The molecule has 1 amide bonds. The van der Waals surface area contributed by atoms with Crippen molar-refractivity contribution in [1.29, 1.82) is 0 Å². The van der Waals surface area contributed by atoms with Crippen LogP contribution in [0.15, 0.2) is 18.2 Å². The number of amides is 1. The fraction of sp³-hybridized carbons (Fsp3) is 0.462. The molecule has 3 N–H and O–H groups in total. The number of hydrogen-bond donors (Lipinski definition) is 2. The summed E-state index contributed by atoms with van der Waals surface area (Å²) in [5.41, 5.74) is 6.65. The summed E-state index contributed by atoms with van der Waals surface area (Å²) >= 11 is 5.97. The highest BCUT2D eigenvalue weighted by Crippen LogP contribution is 2.24. The predicted molar refractivity (Wildman–Crippen MR) is 76.4 cm³/mol. The van der Waals surface area contributed by atoms with Crippen molar-refractivity contribution >= 4 is 28.9 Å². The van der Waals surface area contributed by atoms with E-state index in [9.17, 15) is 4.79 Å². The van der Waals surface area contributed by atoms with Crippen molar-refractivity contribution in [2.75, 3.05) is 31.4 Å². The maximum atomic E-state index is 11.9. The molecule has 19 heavy (non-hydrogen) atoms. The first-order valence-electron chi connectivity index (χ1n) is 6.01. The monoisotopic (exact) mass is 286 g/mol. The molecule has 6 heteroatoms. The van der Waals surface area contributed by atoms with Crippen LogP contribution >= 0.6 is 11.6 Å². The quantitative estimate of drug-likeness (QED) is 0.596. The Bertz CT molecular complexity index is 426. The third kappa shape index (κ3) is 5.46. The van der Waals surface area contributed by atoms with Gasteiger partial charge in [0.25, 0.3) is 5.91 Å². The molecular formula is C13H19ClN2O3. The Hall–Kier alpha value is -1.30. The molecule has 0 bridgehead atoms. The number of carbonyl (C=O) groups excluding carboxylic acids is 1. The molecule has 0 aliphatic rings. The lowest BCUT2D eigenvalue weighted by Gasteiger charge is -2.14. The topological polar surface area (TPSA) is 73.6 Å². The molecular weight excluding hydrogens is 268 g/mol. The molecule has 0 aliphatic heterocycles. The van der Waals surface area contributed by atoms with Crippen LogP contribution < -0.4 is 11.1 Å². The number of ether oxygens (including phenoxy) is 2. The average Bonchev–Trinajstić information content (AvgIpc) is 2.37. The molecule has 1 unspecified atom stereocenters. The second kappa shape index (κ2) is 7.99. The van der Waals surface area contributed by atoms with Gasteiger partial charge in [-0.3, -0.25) is 4.79 Å². The summed E-state index contributed by atoms with van der Waals surface area (Å²) in [7, 11) is 1.62. The van der Waals surface area contributed by atoms with E-state index in [2.05, 4.69) is 5.32 Å². The number of nitrogens with two attached hydrogens (primary N) is 1. The normalized spacial score (nSPS) is 12.2. The van der Waals surface area contributed by atoms with Crippen molar-refractivity contribution in [1.82, 2.24) is 0 Å². The lowest BCUT2D eigenvalue weighted by molar-refractivity contribution is -0.126. The third-order valence-corrected chi connectivity index (χ3v) is 2.79. The molecule has 0 fully saturated rings. The van der Waals surface area contributed by atoms with Gasteiger partial charge in [-0.05, 0) is 31.5 Å². The molecule has 1 rings (SSSR count). The first kappa shape index (κ1) is 15.8. The van der Waals surface area contributed by atoms with Gasteiger partial charge in [-0.15, -0.1) is 0 Å². The van der Waals surface area contributed by atoms with E-state index in [0.29, 0.717) is 29.6 Å². The third-order valence-electron chi connectivity index (χ3n) is 2.48. The van der Waals surface area contributed by atoms with E-state index < -0.39 is 6.10 Å². The summed E-state index contributed by atoms with van der Waals surface area (Å²) in [5.74, 6) is -0.246. The number of nitrogens with one attached hydrogen (secondary N) is 1. The van der Waals surface area contributed by atoms with Crippen LogP contribution in [0.2, 0.25) is 5.02 Å². The van der Waals surface area contributed by atoms with Crippen LogP contribution in [0, 0.1) is 0 Å². The molecule has 0 saturated heterocycles. The van der Waals surface area contributed by atoms with Crippen molar-refractivity contribution in [2.45, 2.75) is 19.4 Å². The summed E-state index contributed by atoms with van der Waals surface area (Å²) in [6, 6.07) is 4.92. The molecule has 1 aromatic rings. The van der Waals surface area contributed by atoms with E-state index in [1.165, 1.54) is 0 Å². The van der Waals surface area contributed by atoms with Crippen molar-refractivity contribution in [3.63, 3.8) is 0 Å². The van der Waals surface area contributed by atoms with Gasteiger partial charge in [-0.1, -0.05) is 11.6 Å². The van der Waals surface area contributed by atoms with Crippen molar-refractivity contribution in [3.05, 3.63) is 23.2 Å². The minimum atomic E-state index is -0.550. The maximum Gasteiger partial charge on any atom is 0.253 e. The molecule has 5 nitrogen and oxygen atoms in total. The number of methoxy groups -OCH3 is 1. The molecule has 1 atom stereocenters. The van der Waals surface area contributed by atoms with Crippen molar-refractivity contribution in [2.24, 2.45) is 0 Å². The van der Waals surface area contributed by atoms with Gasteiger partial charge in [0, 0.05) is 26.0 Å². The second-order valence-corrected chi connectivity index (χ2v) is 4.50. The highest BCUT2D eigenvalue weighted by molar-refractivity contribution is 6.34. The van der Waals surface area contributed by atoms with Crippen LogP contribution in [0.3, 0.4) is 0 Å². The summed E-state index contributed by atoms with van der Waals surface area (Å²) < 4.78 is 10.3. The van der Waals surface area contributed by atoms with Gasteiger partial charge in [0.2, 0.25) is 0 Å². The standard InChI is InChI=1S/C13H19ClN2O3/c1-9(19-7-3-6-18-2)13(17)16-12-5-4-10(15)8-11(12)14/h4-5,8-9H,3,6-7,15H2,1-2H3,(H,16,17). The molecule has 0 aromatic heterocycles. The number of anilines is 2. The average molecular weight is 287 g/mol. The Kier molecular flexibility index (Phi) is 6.62. The van der Waals surface area contributed by atoms with Crippen LogP contribution in [0.5, 0.6) is 0 Å². The Morgan fingerprint density at radius 2 is 2.21 bits per heavy atom. The van der Waals surface area contributed by atoms with Gasteiger partial charge in [0.15, 0.2) is 0 Å². The molecule has 0 aliphatic carbocycles. The van der Waals surface area contributed by atoms with Crippen molar-refractivity contribution in [3.8, 4) is 0 Å². The number of benzene rings is 1. The van der Waals surface area contributed by atoms with E-state index in [0.717, 1.165) is 6.42 Å². The lowest BCUT2D eigenvalue weighted by Crippen LogP contribution is -2.28. The first-order chi connectivity index (χ1) is 9.04. The zero-order valence-corrected chi connectivity index (χ0v) is 11.9. The fourth-order valence-electron chi connectivity index (χ4n) is 1.41. The Morgan fingerprint density at radius 1 is 1.47 bits per heavy atom. The van der Waals surface area contributed by atoms with E-state index in [1.807, 2.05) is 0 Å². The maximum absolute atomic E-state index is 11.9. The van der Waals surface area contributed by atoms with Crippen molar-refractivity contribution < 1.29 is 14.3 Å². The van der Waals surface area contributed by atoms with Crippen LogP contribution in [-0.4, -0.2) is 32.3 Å². The van der Waals surface area contributed by atoms with Gasteiger partial charge in [0.1, 0.15) is 6.10 Å². The molecule has 0 heterocycles. The summed E-state index contributed by atoms with van der Waals surface area (Å²) in [6.45, 7) is 2.77. The van der Waals surface area contributed by atoms with Crippen LogP contribution in [0.1, 0.15) is 13.3 Å². The molecule has 106 valence electrons. The van der Waals surface area contributed by atoms with Gasteiger partial charge in [-0.2, -0.15) is 0 Å². The molecule has 0 saturated carbocycles. The minimum absolute atomic E-state index is 0.246. The lowest BCUT2D eigenvalue weighted by atomic mass is 10.2. The zero-order valence-electron chi connectivity index (χ0n) is 11.1. The smallest absolute Gasteiger partial charge is 0.253 e. The number of hydrogen-bond acceptors (Lipinski definition) is 4. The van der Waals surface area contributed by atoms with Crippen LogP contribution in [0.4, 0.5) is 11.4 Å². The molecule has 0 radical (unpaired) electrons. The van der Waals surface area contributed by atoms with Crippen LogP contribution in [0.25, 0.3) is 0 Å². The van der Waals surface area contributed by atoms with Gasteiger partial charge in [-0.25, -0.2) is 0 Å². The number of nitrogen functional groups attached to an aromatic ring is 1. The van der Waals surface area contributed by atoms with Gasteiger partial charge < -0.3 is 20.5 Å². The van der Waals surface area contributed by atoms with E-state index in [-0.39, 0.29) is 5.91 Å². The summed E-state index contributed by atoms with van der Waals surface area (Å²) in [5, 5.41) is 3.10. The molecule has 1 aromatic carbocycles. The predicted octanol–water partition coefficient (Wildman–Crippen LogP) is 2.30. The van der Waals surface area contributed by atoms with Gasteiger partial charge >= 0.3 is 0 Å². The van der Waals surface area contributed by atoms with E-state index in [4.69, 9.17) is 26.8 Å². The highest BCUT2D eigenvalue weighted by Gasteiger charge is 2.14. The largest absolute Gasteiger partial charge is 0.399 e. The fourth-order valence-corrected chi connectivity index (χ4v) is 1.64. The SMILES string of the molecule is COCCCOC(C)C(=O)Nc1ccc(N)cc1Cl. The van der Waals surface area contributed by atoms with Crippen LogP contribution in [-0.2, 0) is 14.3 Å². The van der Waals surface area contributed by atoms with E-state index >= 15 is 0 Å². The highest BCUT2D eigenvalue weighted by atomic mass is 35.5. The Labute approximate surface area is 118 Å². The zero-order chi connectivity index (χ0) is 14.3. The molecule has 0 spiro atoms.